The molecular weight excluding hydrogens is 294 g/mol. The van der Waals surface area contributed by atoms with Gasteiger partial charge in [0.15, 0.2) is 0 Å². The Labute approximate surface area is 124 Å². The maximum atomic E-state index is 12.2. The highest BCUT2D eigenvalue weighted by molar-refractivity contribution is 7.88. The molecule has 8 heteroatoms. The summed E-state index contributed by atoms with van der Waals surface area (Å²) in [7, 11) is -3.24. The number of hydrogen-bond donors (Lipinski definition) is 2. The van der Waals surface area contributed by atoms with Crippen LogP contribution in [0.5, 0.6) is 0 Å². The lowest BCUT2D eigenvalue weighted by molar-refractivity contribution is 0.151. The quantitative estimate of drug-likeness (QED) is 0.844. The highest BCUT2D eigenvalue weighted by Gasteiger charge is 2.27. The molecule has 1 aromatic rings. The molecule has 0 aliphatic carbocycles. The molecule has 118 valence electrons. The number of urea groups is 1. The van der Waals surface area contributed by atoms with Crippen molar-refractivity contribution in [3.8, 4) is 0 Å². The van der Waals surface area contributed by atoms with Gasteiger partial charge < -0.3 is 14.6 Å². The third-order valence-corrected chi connectivity index (χ3v) is 4.15. The number of hydrogen-bond acceptors (Lipinski definition) is 4. The van der Waals surface area contributed by atoms with Crippen LogP contribution in [0.4, 0.5) is 4.79 Å². The van der Waals surface area contributed by atoms with Gasteiger partial charge in [-0.25, -0.2) is 17.9 Å². The molecule has 2 rings (SSSR count). The fourth-order valence-corrected chi connectivity index (χ4v) is 2.90. The Balaban J connectivity index is 1.89. The average Bonchev–Trinajstić information content (AvgIpc) is 2.95. The monoisotopic (exact) mass is 315 g/mol. The first kappa shape index (κ1) is 15.8. The minimum atomic E-state index is -3.24. The molecule has 21 heavy (non-hydrogen) atoms. The highest BCUT2D eigenvalue weighted by atomic mass is 32.2. The Hall–Kier alpha value is -1.54. The van der Waals surface area contributed by atoms with Crippen LogP contribution in [0.2, 0.25) is 0 Å². The van der Waals surface area contributed by atoms with E-state index in [9.17, 15) is 13.2 Å². The Morgan fingerprint density at radius 3 is 2.95 bits per heavy atom. The largest absolute Gasteiger partial charge is 0.467 e. The lowest BCUT2D eigenvalue weighted by atomic mass is 10.0. The van der Waals surface area contributed by atoms with Gasteiger partial charge in [0.05, 0.1) is 19.1 Å². The Morgan fingerprint density at radius 2 is 2.29 bits per heavy atom. The predicted octanol–water partition coefficient (Wildman–Crippen LogP) is 0.893. The average molecular weight is 315 g/mol. The van der Waals surface area contributed by atoms with Gasteiger partial charge in [-0.05, 0) is 31.4 Å². The number of carbonyl (C=O) groups is 1. The van der Waals surface area contributed by atoms with E-state index >= 15 is 0 Å². The number of rotatable bonds is 5. The fourth-order valence-electron chi connectivity index (χ4n) is 2.41. The lowest BCUT2D eigenvalue weighted by Crippen LogP contribution is -2.52. The maximum Gasteiger partial charge on any atom is 0.318 e. The van der Waals surface area contributed by atoms with Crippen molar-refractivity contribution in [3.63, 3.8) is 0 Å². The van der Waals surface area contributed by atoms with Gasteiger partial charge >= 0.3 is 6.03 Å². The zero-order valence-electron chi connectivity index (χ0n) is 12.0. The van der Waals surface area contributed by atoms with Gasteiger partial charge in [-0.3, -0.25) is 0 Å². The van der Waals surface area contributed by atoms with Crippen LogP contribution < -0.4 is 10.0 Å². The van der Waals surface area contributed by atoms with Crippen LogP contribution >= 0.6 is 0 Å². The van der Waals surface area contributed by atoms with Gasteiger partial charge in [0.2, 0.25) is 10.0 Å². The molecule has 2 amide bonds. The first-order valence-corrected chi connectivity index (χ1v) is 8.86. The van der Waals surface area contributed by atoms with Crippen molar-refractivity contribution in [2.75, 3.05) is 19.3 Å². The Morgan fingerprint density at radius 1 is 1.48 bits per heavy atom. The van der Waals surface area contributed by atoms with Crippen LogP contribution in [0.25, 0.3) is 0 Å². The van der Waals surface area contributed by atoms with E-state index in [1.165, 1.54) is 0 Å². The molecule has 0 radical (unpaired) electrons. The fraction of sp³-hybridized carbons (Fsp3) is 0.615. The first-order valence-electron chi connectivity index (χ1n) is 6.97. The molecule has 1 aromatic heterocycles. The van der Waals surface area contributed by atoms with Crippen molar-refractivity contribution in [3.05, 3.63) is 24.2 Å². The van der Waals surface area contributed by atoms with Crippen LogP contribution in [-0.4, -0.2) is 44.7 Å². The van der Waals surface area contributed by atoms with Crippen LogP contribution in [0, 0.1) is 0 Å². The Bertz CT molecular complexity index is 556. The summed E-state index contributed by atoms with van der Waals surface area (Å²) in [5.41, 5.74) is 0. The molecular formula is C13H21N3O4S. The summed E-state index contributed by atoms with van der Waals surface area (Å²) in [6, 6.07) is 3.26. The van der Waals surface area contributed by atoms with Crippen molar-refractivity contribution in [1.82, 2.24) is 14.9 Å². The van der Waals surface area contributed by atoms with Gasteiger partial charge in [0, 0.05) is 19.1 Å². The third-order valence-electron chi connectivity index (χ3n) is 3.46. The molecule has 0 saturated carbocycles. The van der Waals surface area contributed by atoms with Crippen LogP contribution in [0.3, 0.4) is 0 Å². The van der Waals surface area contributed by atoms with Crippen LogP contribution in [0.15, 0.2) is 22.8 Å². The first-order chi connectivity index (χ1) is 9.96. The number of furan rings is 1. The van der Waals surface area contributed by atoms with Gasteiger partial charge in [0.25, 0.3) is 0 Å². The summed E-state index contributed by atoms with van der Waals surface area (Å²) in [5, 5.41) is 2.80. The van der Waals surface area contributed by atoms with E-state index in [4.69, 9.17) is 4.42 Å². The lowest BCUT2D eigenvalue weighted by Gasteiger charge is -2.35. The zero-order valence-corrected chi connectivity index (χ0v) is 12.9. The summed E-state index contributed by atoms with van der Waals surface area (Å²) < 4.78 is 30.0. The second-order valence-corrected chi connectivity index (χ2v) is 7.03. The van der Waals surface area contributed by atoms with Gasteiger partial charge in [-0.15, -0.1) is 0 Å². The van der Waals surface area contributed by atoms with E-state index in [1.807, 2.05) is 0 Å². The van der Waals surface area contributed by atoms with Crippen molar-refractivity contribution >= 4 is 16.1 Å². The third kappa shape index (κ3) is 5.05. The van der Waals surface area contributed by atoms with E-state index in [2.05, 4.69) is 10.0 Å². The minimum absolute atomic E-state index is 0.106. The highest BCUT2D eigenvalue weighted by Crippen LogP contribution is 2.17. The molecule has 0 aromatic carbocycles. The minimum Gasteiger partial charge on any atom is -0.467 e. The topological polar surface area (TPSA) is 91.7 Å². The molecule has 0 bridgehead atoms. The predicted molar refractivity (Wildman–Crippen MR) is 78.1 cm³/mol. The SMILES string of the molecule is CS(=O)(=O)NCC1CCCCN1C(=O)NCc1ccco1. The van der Waals surface area contributed by atoms with Crippen molar-refractivity contribution < 1.29 is 17.6 Å². The molecule has 1 unspecified atom stereocenters. The van der Waals surface area contributed by atoms with E-state index in [-0.39, 0.29) is 18.6 Å². The zero-order chi connectivity index (χ0) is 15.3. The van der Waals surface area contributed by atoms with E-state index < -0.39 is 10.0 Å². The molecule has 1 fully saturated rings. The summed E-state index contributed by atoms with van der Waals surface area (Å²) >= 11 is 0. The van der Waals surface area contributed by atoms with Crippen molar-refractivity contribution in [2.24, 2.45) is 0 Å². The maximum absolute atomic E-state index is 12.2. The number of piperidine rings is 1. The molecule has 1 aliphatic rings. The van der Waals surface area contributed by atoms with E-state index in [0.29, 0.717) is 18.8 Å². The number of nitrogens with zero attached hydrogens (tertiary/aromatic N) is 1. The molecule has 2 heterocycles. The molecule has 1 atom stereocenters. The Kier molecular flexibility index (Phi) is 5.24. The number of likely N-dealkylation sites (tertiary alicyclic amines) is 1. The standard InChI is InChI=1S/C13H21N3O4S/c1-21(18,19)15-9-11-5-2-3-7-16(11)13(17)14-10-12-6-4-8-20-12/h4,6,8,11,15H,2-3,5,7,9-10H2,1H3,(H,14,17). The summed E-state index contributed by atoms with van der Waals surface area (Å²) in [5.74, 6) is 0.686. The molecule has 0 spiro atoms. The van der Waals surface area contributed by atoms with Gasteiger partial charge in [-0.2, -0.15) is 0 Å². The van der Waals surface area contributed by atoms with Crippen LogP contribution in [-0.2, 0) is 16.6 Å². The van der Waals surface area contributed by atoms with E-state index in [1.54, 1.807) is 23.3 Å². The van der Waals surface area contributed by atoms with Crippen molar-refractivity contribution in [1.29, 1.82) is 0 Å². The van der Waals surface area contributed by atoms with Gasteiger partial charge in [0.1, 0.15) is 5.76 Å². The summed E-state index contributed by atoms with van der Waals surface area (Å²) in [6.45, 7) is 1.22. The number of nitrogens with one attached hydrogen (secondary N) is 2. The molecule has 7 nitrogen and oxygen atoms in total. The number of amides is 2. The molecule has 2 N–H and O–H groups in total. The van der Waals surface area contributed by atoms with Gasteiger partial charge in [-0.1, -0.05) is 0 Å². The van der Waals surface area contributed by atoms with E-state index in [0.717, 1.165) is 25.5 Å². The van der Waals surface area contributed by atoms with Crippen LogP contribution in [0.1, 0.15) is 25.0 Å². The normalized spacial score (nSPS) is 19.5. The smallest absolute Gasteiger partial charge is 0.318 e. The summed E-state index contributed by atoms with van der Waals surface area (Å²) in [4.78, 5) is 13.9. The molecule has 1 aliphatic heterocycles. The molecule has 1 saturated heterocycles. The number of sulfonamides is 1. The summed E-state index contributed by atoms with van der Waals surface area (Å²) in [6.07, 6.45) is 5.41. The van der Waals surface area contributed by atoms with Crippen molar-refractivity contribution in [2.45, 2.75) is 31.8 Å². The number of carbonyl (C=O) groups excluding carboxylic acids is 1. The second-order valence-electron chi connectivity index (χ2n) is 5.20. The second kappa shape index (κ2) is 6.95.